The van der Waals surface area contributed by atoms with Crippen LogP contribution in [0.5, 0.6) is 0 Å². The van der Waals surface area contributed by atoms with Crippen LogP contribution >= 0.6 is 0 Å². The van der Waals surface area contributed by atoms with E-state index >= 15 is 0 Å². The summed E-state index contributed by atoms with van der Waals surface area (Å²) in [5.74, 6) is 0.720. The molecule has 1 aliphatic rings. The van der Waals surface area contributed by atoms with Crippen molar-refractivity contribution in [2.24, 2.45) is 5.92 Å². The maximum atomic E-state index is 4.06. The van der Waals surface area contributed by atoms with Crippen molar-refractivity contribution in [1.82, 2.24) is 4.90 Å². The van der Waals surface area contributed by atoms with Gasteiger partial charge in [0.25, 0.3) is 0 Å². The van der Waals surface area contributed by atoms with E-state index in [1.807, 2.05) is 18.1 Å². The van der Waals surface area contributed by atoms with Gasteiger partial charge in [0.15, 0.2) is 0 Å². The first-order valence-electron chi connectivity index (χ1n) is 4.30. The molecule has 62 valence electrons. The van der Waals surface area contributed by atoms with Crippen molar-refractivity contribution in [3.8, 4) is 0 Å². The van der Waals surface area contributed by atoms with Gasteiger partial charge >= 0.3 is 0 Å². The van der Waals surface area contributed by atoms with Gasteiger partial charge in [0.05, 0.1) is 0 Å². The summed E-state index contributed by atoms with van der Waals surface area (Å²) >= 11 is 0. The molecule has 0 radical (unpaired) electrons. The monoisotopic (exact) mass is 151 g/mol. The van der Waals surface area contributed by atoms with Crippen molar-refractivity contribution in [2.45, 2.75) is 25.7 Å². The van der Waals surface area contributed by atoms with Gasteiger partial charge < -0.3 is 4.90 Å². The molecule has 0 amide bonds. The highest BCUT2D eigenvalue weighted by Crippen LogP contribution is 2.31. The molecule has 0 bridgehead atoms. The Kier molecular flexibility index (Phi) is 2.75. The molecule has 0 unspecified atom stereocenters. The van der Waals surface area contributed by atoms with Crippen molar-refractivity contribution >= 4 is 0 Å². The highest BCUT2D eigenvalue weighted by Gasteiger charge is 2.18. The minimum Gasteiger partial charge on any atom is -0.355 e. The van der Waals surface area contributed by atoms with Crippen molar-refractivity contribution in [3.63, 3.8) is 0 Å². The molecular weight excluding hydrogens is 134 g/mol. The van der Waals surface area contributed by atoms with Gasteiger partial charge in [-0.1, -0.05) is 26.0 Å². The smallest absolute Gasteiger partial charge is 0.0130 e. The van der Waals surface area contributed by atoms with Crippen molar-refractivity contribution in [2.75, 3.05) is 7.05 Å². The van der Waals surface area contributed by atoms with Gasteiger partial charge in [-0.25, -0.2) is 0 Å². The van der Waals surface area contributed by atoms with Crippen molar-refractivity contribution in [3.05, 3.63) is 25.1 Å². The predicted molar refractivity (Wildman–Crippen MR) is 49.1 cm³/mol. The Labute approximate surface area is 69.4 Å². The molecule has 0 saturated heterocycles. The SMILES string of the molecule is C=CN(C)C(=C)C1CCCC1. The Morgan fingerprint density at radius 2 is 2.00 bits per heavy atom. The molecule has 0 aromatic carbocycles. The highest BCUT2D eigenvalue weighted by molar-refractivity contribution is 5.03. The second-order valence-corrected chi connectivity index (χ2v) is 3.27. The lowest BCUT2D eigenvalue weighted by molar-refractivity contribution is 0.457. The van der Waals surface area contributed by atoms with Gasteiger partial charge in [-0.2, -0.15) is 0 Å². The van der Waals surface area contributed by atoms with E-state index in [-0.39, 0.29) is 0 Å². The van der Waals surface area contributed by atoms with E-state index < -0.39 is 0 Å². The molecule has 0 aromatic heterocycles. The first-order chi connectivity index (χ1) is 5.25. The third-order valence-electron chi connectivity index (χ3n) is 2.55. The van der Waals surface area contributed by atoms with Crippen LogP contribution in [0.4, 0.5) is 0 Å². The van der Waals surface area contributed by atoms with Crippen LogP contribution in [0, 0.1) is 5.92 Å². The molecule has 1 saturated carbocycles. The van der Waals surface area contributed by atoms with Crippen LogP contribution in [0.15, 0.2) is 25.1 Å². The lowest BCUT2D eigenvalue weighted by Gasteiger charge is -2.21. The molecule has 1 fully saturated rings. The minimum atomic E-state index is 0.720. The molecule has 1 nitrogen and oxygen atoms in total. The van der Waals surface area contributed by atoms with Crippen LogP contribution in [-0.2, 0) is 0 Å². The summed E-state index contributed by atoms with van der Waals surface area (Å²) < 4.78 is 0. The zero-order chi connectivity index (χ0) is 8.27. The van der Waals surface area contributed by atoms with Gasteiger partial charge in [0, 0.05) is 12.7 Å². The third-order valence-corrected chi connectivity index (χ3v) is 2.55. The number of rotatable bonds is 3. The average Bonchev–Trinajstić information content (AvgIpc) is 2.53. The van der Waals surface area contributed by atoms with E-state index in [9.17, 15) is 0 Å². The van der Waals surface area contributed by atoms with E-state index in [0.717, 1.165) is 5.92 Å². The molecule has 11 heavy (non-hydrogen) atoms. The fourth-order valence-electron chi connectivity index (χ4n) is 1.66. The van der Waals surface area contributed by atoms with E-state index in [1.54, 1.807) is 0 Å². The maximum absolute atomic E-state index is 4.06. The molecule has 0 atom stereocenters. The van der Waals surface area contributed by atoms with Gasteiger partial charge in [0.1, 0.15) is 0 Å². The quantitative estimate of drug-likeness (QED) is 0.599. The van der Waals surface area contributed by atoms with Gasteiger partial charge in [0.2, 0.25) is 0 Å². The lowest BCUT2D eigenvalue weighted by atomic mass is 10.0. The summed E-state index contributed by atoms with van der Waals surface area (Å²) in [4.78, 5) is 2.04. The standard InChI is InChI=1S/C10H17N/c1-4-11(3)9(2)10-7-5-6-8-10/h4,10H,1-2,5-8H2,3H3. The fraction of sp³-hybridized carbons (Fsp3) is 0.600. The summed E-state index contributed by atoms with van der Waals surface area (Å²) in [5, 5.41) is 0. The highest BCUT2D eigenvalue weighted by atomic mass is 15.1. The Morgan fingerprint density at radius 1 is 1.45 bits per heavy atom. The van der Waals surface area contributed by atoms with E-state index in [2.05, 4.69) is 13.2 Å². The summed E-state index contributed by atoms with van der Waals surface area (Å²) in [7, 11) is 2.02. The number of allylic oxidation sites excluding steroid dienone is 1. The third kappa shape index (κ3) is 1.86. The molecule has 0 heterocycles. The summed E-state index contributed by atoms with van der Waals surface area (Å²) in [6.07, 6.45) is 7.21. The average molecular weight is 151 g/mol. The summed E-state index contributed by atoms with van der Waals surface area (Å²) in [5.41, 5.74) is 1.23. The molecule has 0 spiro atoms. The molecule has 0 aliphatic heterocycles. The normalized spacial score (nSPS) is 18.3. The Bertz CT molecular complexity index is 154. The zero-order valence-corrected chi connectivity index (χ0v) is 7.34. The molecule has 0 N–H and O–H groups in total. The maximum Gasteiger partial charge on any atom is 0.0130 e. The molecule has 0 aromatic rings. The first-order valence-corrected chi connectivity index (χ1v) is 4.30. The largest absolute Gasteiger partial charge is 0.355 e. The van der Waals surface area contributed by atoms with Gasteiger partial charge in [-0.15, -0.1) is 0 Å². The Morgan fingerprint density at radius 3 is 2.45 bits per heavy atom. The zero-order valence-electron chi connectivity index (χ0n) is 7.34. The lowest BCUT2D eigenvalue weighted by Crippen LogP contribution is -2.14. The number of hydrogen-bond acceptors (Lipinski definition) is 1. The topological polar surface area (TPSA) is 3.24 Å². The van der Waals surface area contributed by atoms with Crippen LogP contribution in [0.1, 0.15) is 25.7 Å². The number of nitrogens with zero attached hydrogens (tertiary/aromatic N) is 1. The molecular formula is C10H17N. The van der Waals surface area contributed by atoms with Crippen LogP contribution in [-0.4, -0.2) is 11.9 Å². The molecule has 1 rings (SSSR count). The van der Waals surface area contributed by atoms with Gasteiger partial charge in [-0.3, -0.25) is 0 Å². The molecule has 1 aliphatic carbocycles. The van der Waals surface area contributed by atoms with Crippen molar-refractivity contribution < 1.29 is 0 Å². The van der Waals surface area contributed by atoms with Crippen LogP contribution in [0.2, 0.25) is 0 Å². The van der Waals surface area contributed by atoms with Crippen LogP contribution < -0.4 is 0 Å². The summed E-state index contributed by atoms with van der Waals surface area (Å²) in [6.45, 7) is 7.78. The molecule has 1 heteroatoms. The Hall–Kier alpha value is -0.720. The number of hydrogen-bond donors (Lipinski definition) is 0. The van der Waals surface area contributed by atoms with E-state index in [1.165, 1.54) is 31.4 Å². The minimum absolute atomic E-state index is 0.720. The fourth-order valence-corrected chi connectivity index (χ4v) is 1.66. The van der Waals surface area contributed by atoms with Crippen molar-refractivity contribution in [1.29, 1.82) is 0 Å². The van der Waals surface area contributed by atoms with E-state index in [4.69, 9.17) is 0 Å². The predicted octanol–water partition coefficient (Wildman–Crippen LogP) is 2.77. The van der Waals surface area contributed by atoms with Gasteiger partial charge in [-0.05, 0) is 25.0 Å². The Balaban J connectivity index is 2.45. The van der Waals surface area contributed by atoms with E-state index in [0.29, 0.717) is 0 Å². The summed E-state index contributed by atoms with van der Waals surface area (Å²) in [6, 6.07) is 0. The van der Waals surface area contributed by atoms with Crippen LogP contribution in [0.3, 0.4) is 0 Å². The first kappa shape index (κ1) is 8.38. The second kappa shape index (κ2) is 3.61. The van der Waals surface area contributed by atoms with Crippen LogP contribution in [0.25, 0.3) is 0 Å². The second-order valence-electron chi connectivity index (χ2n) is 3.27.